The molecular weight excluding hydrogens is 388 g/mol. The molecule has 3 rings (SSSR count). The van der Waals surface area contributed by atoms with E-state index in [4.69, 9.17) is 0 Å². The Hall–Kier alpha value is -1.48. The Morgan fingerprint density at radius 3 is 2.38 bits per heavy atom. The number of nitrogens with zero attached hydrogens (tertiary/aromatic N) is 3. The molecule has 29 heavy (non-hydrogen) atoms. The Morgan fingerprint density at radius 2 is 1.76 bits per heavy atom. The van der Waals surface area contributed by atoms with Crippen molar-refractivity contribution in [3.05, 3.63) is 29.8 Å². The second kappa shape index (κ2) is 9.55. The van der Waals surface area contributed by atoms with Gasteiger partial charge in [-0.1, -0.05) is 6.42 Å². The summed E-state index contributed by atoms with van der Waals surface area (Å²) >= 11 is 0. The first-order valence-corrected chi connectivity index (χ1v) is 12.1. The molecular formula is C21H34N4O3S. The molecule has 2 atom stereocenters. The van der Waals surface area contributed by atoms with Crippen molar-refractivity contribution in [1.29, 1.82) is 0 Å². The molecule has 7 nitrogen and oxygen atoms in total. The van der Waals surface area contributed by atoms with Crippen molar-refractivity contribution in [2.24, 2.45) is 0 Å². The molecule has 1 aromatic rings. The van der Waals surface area contributed by atoms with E-state index in [1.54, 1.807) is 28.6 Å². The van der Waals surface area contributed by atoms with Crippen LogP contribution in [0.4, 0.5) is 0 Å². The first-order valence-electron chi connectivity index (χ1n) is 10.6. The quantitative estimate of drug-likeness (QED) is 0.754. The van der Waals surface area contributed by atoms with Gasteiger partial charge in [0.2, 0.25) is 10.0 Å². The fourth-order valence-electron chi connectivity index (χ4n) is 4.08. The topological polar surface area (TPSA) is 73.0 Å². The summed E-state index contributed by atoms with van der Waals surface area (Å²) in [6.07, 6.45) is 2.86. The van der Waals surface area contributed by atoms with Crippen LogP contribution >= 0.6 is 0 Å². The Morgan fingerprint density at radius 1 is 1.10 bits per heavy atom. The molecule has 0 aromatic heterocycles. The van der Waals surface area contributed by atoms with Crippen molar-refractivity contribution in [2.75, 3.05) is 46.3 Å². The van der Waals surface area contributed by atoms with Crippen molar-refractivity contribution in [2.45, 2.75) is 50.1 Å². The molecule has 2 fully saturated rings. The number of carbonyl (C=O) groups excluding carboxylic acids is 1. The largest absolute Gasteiger partial charge is 0.350 e. The van der Waals surface area contributed by atoms with Gasteiger partial charge in [-0.15, -0.1) is 0 Å². The molecule has 2 aliphatic heterocycles. The second-order valence-electron chi connectivity index (χ2n) is 8.38. The molecule has 1 N–H and O–H groups in total. The number of piperidine rings is 1. The summed E-state index contributed by atoms with van der Waals surface area (Å²) in [7, 11) is -1.38. The number of sulfonamides is 1. The van der Waals surface area contributed by atoms with Gasteiger partial charge in [-0.2, -0.15) is 4.31 Å². The van der Waals surface area contributed by atoms with Crippen LogP contribution in [0.2, 0.25) is 0 Å². The lowest BCUT2D eigenvalue weighted by molar-refractivity contribution is 0.0903. The van der Waals surface area contributed by atoms with E-state index < -0.39 is 10.0 Å². The summed E-state index contributed by atoms with van der Waals surface area (Å²) in [5, 5.41) is 2.98. The smallest absolute Gasteiger partial charge is 0.251 e. The van der Waals surface area contributed by atoms with Crippen molar-refractivity contribution >= 4 is 15.9 Å². The minimum absolute atomic E-state index is 0.0211. The van der Waals surface area contributed by atoms with Crippen LogP contribution in [-0.2, 0) is 10.0 Å². The Bertz CT molecular complexity index is 789. The third kappa shape index (κ3) is 5.36. The first-order chi connectivity index (χ1) is 13.8. The highest BCUT2D eigenvalue weighted by Crippen LogP contribution is 2.25. The SMILES string of the molecule is CC(CNC(=O)c1ccc(S(=O)(=O)N2CCCCC2C)cc1)N1CCN(C)CC1. The second-order valence-corrected chi connectivity index (χ2v) is 10.3. The van der Waals surface area contributed by atoms with Crippen LogP contribution in [0.15, 0.2) is 29.2 Å². The Labute approximate surface area is 175 Å². The van der Waals surface area contributed by atoms with Gasteiger partial charge in [0, 0.05) is 56.9 Å². The van der Waals surface area contributed by atoms with E-state index in [9.17, 15) is 13.2 Å². The fourth-order valence-corrected chi connectivity index (χ4v) is 5.78. The van der Waals surface area contributed by atoms with E-state index in [0.29, 0.717) is 18.7 Å². The highest BCUT2D eigenvalue weighted by atomic mass is 32.2. The number of amides is 1. The maximum atomic E-state index is 12.9. The number of piperazine rings is 1. The van der Waals surface area contributed by atoms with Crippen LogP contribution in [0, 0.1) is 0 Å². The Kier molecular flexibility index (Phi) is 7.32. The van der Waals surface area contributed by atoms with Gasteiger partial charge in [-0.3, -0.25) is 9.69 Å². The lowest BCUT2D eigenvalue weighted by atomic mass is 10.1. The van der Waals surface area contributed by atoms with Gasteiger partial charge in [0.05, 0.1) is 4.90 Å². The minimum atomic E-state index is -3.51. The van der Waals surface area contributed by atoms with Crippen LogP contribution in [0.1, 0.15) is 43.5 Å². The van der Waals surface area contributed by atoms with E-state index in [-0.39, 0.29) is 22.9 Å². The molecule has 0 radical (unpaired) electrons. The van der Waals surface area contributed by atoms with E-state index in [0.717, 1.165) is 45.4 Å². The number of benzene rings is 1. The molecule has 2 saturated heterocycles. The number of likely N-dealkylation sites (N-methyl/N-ethyl adjacent to an activating group) is 1. The van der Waals surface area contributed by atoms with Gasteiger partial charge < -0.3 is 10.2 Å². The number of hydrogen-bond acceptors (Lipinski definition) is 5. The van der Waals surface area contributed by atoms with E-state index in [1.165, 1.54) is 0 Å². The molecule has 0 bridgehead atoms. The van der Waals surface area contributed by atoms with Gasteiger partial charge >= 0.3 is 0 Å². The third-order valence-corrected chi connectivity index (χ3v) is 8.21. The highest BCUT2D eigenvalue weighted by molar-refractivity contribution is 7.89. The van der Waals surface area contributed by atoms with Gasteiger partial charge in [0.25, 0.3) is 5.91 Å². The molecule has 0 spiro atoms. The van der Waals surface area contributed by atoms with Crippen LogP contribution < -0.4 is 5.32 Å². The molecule has 2 aliphatic rings. The predicted octanol–water partition coefficient (Wildman–Crippen LogP) is 1.62. The van der Waals surface area contributed by atoms with Crippen molar-refractivity contribution in [3.8, 4) is 0 Å². The van der Waals surface area contributed by atoms with Crippen LogP contribution in [0.25, 0.3) is 0 Å². The lowest BCUT2D eigenvalue weighted by Crippen LogP contribution is -2.51. The maximum absolute atomic E-state index is 12.9. The molecule has 2 heterocycles. The van der Waals surface area contributed by atoms with Crippen LogP contribution in [-0.4, -0.2) is 86.8 Å². The standard InChI is InChI=1S/C21H34N4O3S/c1-17-6-4-5-11-25(17)29(27,28)20-9-7-19(8-10-20)21(26)22-16-18(2)24-14-12-23(3)13-15-24/h7-10,17-18H,4-6,11-16H2,1-3H3,(H,22,26). The summed E-state index contributed by atoms with van der Waals surface area (Å²) in [6, 6.07) is 6.61. The number of rotatable bonds is 6. The van der Waals surface area contributed by atoms with Crippen molar-refractivity contribution in [3.63, 3.8) is 0 Å². The lowest BCUT2D eigenvalue weighted by Gasteiger charge is -2.36. The normalized spacial score (nSPS) is 23.6. The highest BCUT2D eigenvalue weighted by Gasteiger charge is 2.31. The molecule has 8 heteroatoms. The zero-order chi connectivity index (χ0) is 21.0. The number of carbonyl (C=O) groups is 1. The third-order valence-electron chi connectivity index (χ3n) is 6.18. The zero-order valence-corrected chi connectivity index (χ0v) is 18.6. The first kappa shape index (κ1) is 22.2. The zero-order valence-electron chi connectivity index (χ0n) is 17.8. The average Bonchev–Trinajstić information content (AvgIpc) is 2.72. The fraction of sp³-hybridized carbons (Fsp3) is 0.667. The molecule has 1 aromatic carbocycles. The van der Waals surface area contributed by atoms with Gasteiger partial charge in [-0.25, -0.2) is 8.42 Å². The molecule has 0 aliphatic carbocycles. The monoisotopic (exact) mass is 422 g/mol. The minimum Gasteiger partial charge on any atom is -0.350 e. The van der Waals surface area contributed by atoms with Crippen molar-refractivity contribution in [1.82, 2.24) is 19.4 Å². The summed E-state index contributed by atoms with van der Waals surface area (Å²) in [5.41, 5.74) is 0.487. The van der Waals surface area contributed by atoms with Gasteiger partial charge in [0.15, 0.2) is 0 Å². The summed E-state index contributed by atoms with van der Waals surface area (Å²) in [4.78, 5) is 17.5. The number of nitrogens with one attached hydrogen (secondary N) is 1. The molecule has 1 amide bonds. The molecule has 162 valence electrons. The average molecular weight is 423 g/mol. The number of hydrogen-bond donors (Lipinski definition) is 1. The predicted molar refractivity (Wildman–Crippen MR) is 115 cm³/mol. The van der Waals surface area contributed by atoms with Gasteiger partial charge in [-0.05, 0) is 58.0 Å². The molecule has 2 unspecified atom stereocenters. The van der Waals surface area contributed by atoms with Gasteiger partial charge in [0.1, 0.15) is 0 Å². The van der Waals surface area contributed by atoms with Crippen LogP contribution in [0.5, 0.6) is 0 Å². The summed E-state index contributed by atoms with van der Waals surface area (Å²) in [5.74, 6) is -0.165. The van der Waals surface area contributed by atoms with E-state index in [1.807, 2.05) is 6.92 Å². The van der Waals surface area contributed by atoms with E-state index in [2.05, 4.69) is 29.1 Å². The Balaban J connectivity index is 1.57. The summed E-state index contributed by atoms with van der Waals surface area (Å²) in [6.45, 7) is 9.34. The maximum Gasteiger partial charge on any atom is 0.251 e. The van der Waals surface area contributed by atoms with E-state index >= 15 is 0 Å². The van der Waals surface area contributed by atoms with Crippen molar-refractivity contribution < 1.29 is 13.2 Å². The summed E-state index contributed by atoms with van der Waals surface area (Å²) < 4.78 is 27.4. The van der Waals surface area contributed by atoms with Crippen LogP contribution in [0.3, 0.4) is 0 Å². The molecule has 0 saturated carbocycles.